The summed E-state index contributed by atoms with van der Waals surface area (Å²) in [6.07, 6.45) is 0.687. The SMILES string of the molecule is COc1ccccc1N1CCN(CCOc2nc(Cc3ccccc3)nc3ccccc23)CC1. The van der Waals surface area contributed by atoms with Crippen molar-refractivity contribution in [2.45, 2.75) is 6.42 Å². The molecule has 0 amide bonds. The van der Waals surface area contributed by atoms with Gasteiger partial charge in [0, 0.05) is 39.1 Å². The topological polar surface area (TPSA) is 50.7 Å². The number of para-hydroxylation sites is 3. The monoisotopic (exact) mass is 454 g/mol. The van der Waals surface area contributed by atoms with E-state index in [-0.39, 0.29) is 0 Å². The van der Waals surface area contributed by atoms with Gasteiger partial charge in [-0.05, 0) is 29.8 Å². The van der Waals surface area contributed by atoms with E-state index in [1.54, 1.807) is 7.11 Å². The Kier molecular flexibility index (Phi) is 6.86. The van der Waals surface area contributed by atoms with Crippen LogP contribution in [0.1, 0.15) is 11.4 Å². The number of hydrogen-bond acceptors (Lipinski definition) is 6. The highest BCUT2D eigenvalue weighted by atomic mass is 16.5. The van der Waals surface area contributed by atoms with E-state index < -0.39 is 0 Å². The summed E-state index contributed by atoms with van der Waals surface area (Å²) in [7, 11) is 1.73. The Labute approximate surface area is 200 Å². The zero-order valence-electron chi connectivity index (χ0n) is 19.6. The van der Waals surface area contributed by atoms with Crippen LogP contribution < -0.4 is 14.4 Å². The van der Waals surface area contributed by atoms with Crippen LogP contribution in [0, 0.1) is 0 Å². The molecule has 0 aliphatic carbocycles. The Bertz CT molecular complexity index is 1220. The third-order valence-electron chi connectivity index (χ3n) is 6.26. The fourth-order valence-electron chi connectivity index (χ4n) is 4.44. The number of hydrogen-bond donors (Lipinski definition) is 0. The molecule has 1 aromatic heterocycles. The molecule has 5 rings (SSSR count). The van der Waals surface area contributed by atoms with Gasteiger partial charge in [-0.15, -0.1) is 0 Å². The quantitative estimate of drug-likeness (QED) is 0.393. The van der Waals surface area contributed by atoms with Crippen LogP contribution in [0.4, 0.5) is 5.69 Å². The van der Waals surface area contributed by atoms with Gasteiger partial charge in [-0.2, -0.15) is 4.98 Å². The molecule has 0 saturated carbocycles. The van der Waals surface area contributed by atoms with Crippen molar-refractivity contribution in [1.82, 2.24) is 14.9 Å². The predicted molar refractivity (Wildman–Crippen MR) is 136 cm³/mol. The van der Waals surface area contributed by atoms with E-state index in [2.05, 4.69) is 34.1 Å². The smallest absolute Gasteiger partial charge is 0.224 e. The fourth-order valence-corrected chi connectivity index (χ4v) is 4.44. The minimum atomic E-state index is 0.598. The van der Waals surface area contributed by atoms with Gasteiger partial charge in [0.2, 0.25) is 5.88 Å². The number of benzene rings is 3. The summed E-state index contributed by atoms with van der Waals surface area (Å²) < 4.78 is 11.8. The molecule has 4 aromatic rings. The van der Waals surface area contributed by atoms with E-state index in [0.717, 1.165) is 55.2 Å². The molecule has 0 atom stereocenters. The van der Waals surface area contributed by atoms with Gasteiger partial charge in [0.05, 0.1) is 23.7 Å². The Morgan fingerprint density at radius 3 is 2.35 bits per heavy atom. The highest BCUT2D eigenvalue weighted by Crippen LogP contribution is 2.28. The summed E-state index contributed by atoms with van der Waals surface area (Å²) in [6.45, 7) is 5.39. The minimum Gasteiger partial charge on any atom is -0.495 e. The molecule has 6 heteroatoms. The molecule has 6 nitrogen and oxygen atoms in total. The van der Waals surface area contributed by atoms with Crippen LogP contribution in [-0.4, -0.2) is 61.3 Å². The second-order valence-corrected chi connectivity index (χ2v) is 8.47. The van der Waals surface area contributed by atoms with E-state index in [1.807, 2.05) is 54.6 Å². The maximum absolute atomic E-state index is 6.22. The first-order valence-electron chi connectivity index (χ1n) is 11.8. The number of aromatic nitrogens is 2. The molecule has 1 aliphatic heterocycles. The molecular weight excluding hydrogens is 424 g/mol. The number of rotatable bonds is 8. The van der Waals surface area contributed by atoms with Crippen molar-refractivity contribution in [3.05, 3.63) is 90.3 Å². The van der Waals surface area contributed by atoms with E-state index in [4.69, 9.17) is 19.4 Å². The molecule has 1 fully saturated rings. The normalized spacial score (nSPS) is 14.3. The summed E-state index contributed by atoms with van der Waals surface area (Å²) in [5.41, 5.74) is 3.28. The molecule has 0 bridgehead atoms. The van der Waals surface area contributed by atoms with Crippen molar-refractivity contribution in [1.29, 1.82) is 0 Å². The van der Waals surface area contributed by atoms with Crippen molar-refractivity contribution >= 4 is 16.6 Å². The average Bonchev–Trinajstić information content (AvgIpc) is 2.89. The second-order valence-electron chi connectivity index (χ2n) is 8.47. The molecule has 0 N–H and O–H groups in total. The molecule has 0 spiro atoms. The van der Waals surface area contributed by atoms with Gasteiger partial charge < -0.3 is 14.4 Å². The third-order valence-corrected chi connectivity index (χ3v) is 6.26. The first-order chi connectivity index (χ1) is 16.8. The summed E-state index contributed by atoms with van der Waals surface area (Å²) in [5.74, 6) is 2.38. The highest BCUT2D eigenvalue weighted by Gasteiger charge is 2.19. The first-order valence-corrected chi connectivity index (χ1v) is 11.8. The fraction of sp³-hybridized carbons (Fsp3) is 0.286. The summed E-state index contributed by atoms with van der Waals surface area (Å²) in [6, 6.07) is 26.6. The highest BCUT2D eigenvalue weighted by molar-refractivity contribution is 5.83. The van der Waals surface area contributed by atoms with E-state index in [9.17, 15) is 0 Å². The summed E-state index contributed by atoms with van der Waals surface area (Å²) in [4.78, 5) is 14.4. The van der Waals surface area contributed by atoms with Crippen molar-refractivity contribution in [2.24, 2.45) is 0 Å². The van der Waals surface area contributed by atoms with Crippen LogP contribution in [0.2, 0.25) is 0 Å². The van der Waals surface area contributed by atoms with Crippen LogP contribution in [0.3, 0.4) is 0 Å². The number of nitrogens with zero attached hydrogens (tertiary/aromatic N) is 4. The number of methoxy groups -OCH3 is 1. The van der Waals surface area contributed by atoms with Gasteiger partial charge in [-0.1, -0.05) is 54.6 Å². The first kappa shape index (κ1) is 22.2. The maximum Gasteiger partial charge on any atom is 0.224 e. The zero-order valence-corrected chi connectivity index (χ0v) is 19.6. The van der Waals surface area contributed by atoms with Crippen molar-refractivity contribution in [3.8, 4) is 11.6 Å². The lowest BCUT2D eigenvalue weighted by Gasteiger charge is -2.36. The lowest BCUT2D eigenvalue weighted by atomic mass is 10.1. The Balaban J connectivity index is 1.21. The van der Waals surface area contributed by atoms with Gasteiger partial charge in [-0.25, -0.2) is 4.98 Å². The largest absolute Gasteiger partial charge is 0.495 e. The van der Waals surface area contributed by atoms with Gasteiger partial charge in [-0.3, -0.25) is 4.90 Å². The maximum atomic E-state index is 6.22. The Morgan fingerprint density at radius 2 is 1.53 bits per heavy atom. The lowest BCUT2D eigenvalue weighted by Crippen LogP contribution is -2.47. The van der Waals surface area contributed by atoms with E-state index in [1.165, 1.54) is 11.3 Å². The minimum absolute atomic E-state index is 0.598. The summed E-state index contributed by atoms with van der Waals surface area (Å²) >= 11 is 0. The molecule has 34 heavy (non-hydrogen) atoms. The molecule has 1 aliphatic rings. The standard InChI is InChI=1S/C28H30N4O2/c1-33-26-14-8-7-13-25(26)32-17-15-31(16-18-32)19-20-34-28-23-11-5-6-12-24(23)29-27(30-28)21-22-9-3-2-4-10-22/h2-14H,15-21H2,1H3. The predicted octanol–water partition coefficient (Wildman–Crippen LogP) is 4.43. The van der Waals surface area contributed by atoms with Crippen LogP contribution >= 0.6 is 0 Å². The average molecular weight is 455 g/mol. The molecule has 2 heterocycles. The Hall–Kier alpha value is -3.64. The van der Waals surface area contributed by atoms with Gasteiger partial charge >= 0.3 is 0 Å². The third kappa shape index (κ3) is 5.13. The van der Waals surface area contributed by atoms with Crippen LogP contribution in [0.5, 0.6) is 11.6 Å². The molecular formula is C28H30N4O2. The molecule has 0 unspecified atom stereocenters. The second kappa shape index (κ2) is 10.5. The van der Waals surface area contributed by atoms with E-state index in [0.29, 0.717) is 18.9 Å². The number of piperazine rings is 1. The van der Waals surface area contributed by atoms with Gasteiger partial charge in [0.15, 0.2) is 0 Å². The molecule has 3 aromatic carbocycles. The van der Waals surface area contributed by atoms with Gasteiger partial charge in [0.1, 0.15) is 18.2 Å². The Morgan fingerprint density at radius 1 is 0.794 bits per heavy atom. The molecule has 174 valence electrons. The summed E-state index contributed by atoms with van der Waals surface area (Å²) in [5, 5.41) is 0.959. The number of anilines is 1. The van der Waals surface area contributed by atoms with Crippen molar-refractivity contribution in [3.63, 3.8) is 0 Å². The van der Waals surface area contributed by atoms with E-state index >= 15 is 0 Å². The van der Waals surface area contributed by atoms with Crippen LogP contribution in [0.25, 0.3) is 10.9 Å². The molecule has 1 saturated heterocycles. The molecule has 0 radical (unpaired) electrons. The van der Waals surface area contributed by atoms with Crippen LogP contribution in [0.15, 0.2) is 78.9 Å². The van der Waals surface area contributed by atoms with Crippen molar-refractivity contribution in [2.75, 3.05) is 51.3 Å². The van der Waals surface area contributed by atoms with Gasteiger partial charge in [0.25, 0.3) is 0 Å². The number of fused-ring (bicyclic) bond motifs is 1. The zero-order chi connectivity index (χ0) is 23.2. The number of ether oxygens (including phenoxy) is 2. The lowest BCUT2D eigenvalue weighted by molar-refractivity contribution is 0.197. The van der Waals surface area contributed by atoms with Crippen molar-refractivity contribution < 1.29 is 9.47 Å². The van der Waals surface area contributed by atoms with Crippen LogP contribution in [-0.2, 0) is 6.42 Å².